The zero-order valence-electron chi connectivity index (χ0n) is 11.3. The number of sulfone groups is 1. The van der Waals surface area contributed by atoms with Crippen LogP contribution >= 0.6 is 0 Å². The van der Waals surface area contributed by atoms with Crippen LogP contribution < -0.4 is 4.74 Å². The van der Waals surface area contributed by atoms with Crippen LogP contribution in [-0.4, -0.2) is 32.1 Å². The summed E-state index contributed by atoms with van der Waals surface area (Å²) in [4.78, 5) is 11.8. The lowest BCUT2D eigenvalue weighted by molar-refractivity contribution is -0.274. The van der Waals surface area contributed by atoms with Crippen molar-refractivity contribution < 1.29 is 31.1 Å². The van der Waals surface area contributed by atoms with Gasteiger partial charge in [-0.1, -0.05) is 6.92 Å². The Hall–Kier alpha value is -1.57. The molecule has 1 aromatic carbocycles. The van der Waals surface area contributed by atoms with Gasteiger partial charge in [-0.2, -0.15) is 0 Å². The average molecular weight is 324 g/mol. The molecule has 0 unspecified atom stereocenters. The Morgan fingerprint density at radius 2 is 1.76 bits per heavy atom. The molecule has 1 rings (SSSR count). The number of alkyl halides is 3. The van der Waals surface area contributed by atoms with Gasteiger partial charge in [-0.25, -0.2) is 8.42 Å². The smallest absolute Gasteiger partial charge is 0.406 e. The van der Waals surface area contributed by atoms with Gasteiger partial charge in [0, 0.05) is 17.7 Å². The molecule has 0 radical (unpaired) electrons. The van der Waals surface area contributed by atoms with E-state index in [1.165, 1.54) is 19.1 Å². The van der Waals surface area contributed by atoms with Gasteiger partial charge in [0.05, 0.1) is 5.75 Å². The fourth-order valence-electron chi connectivity index (χ4n) is 1.58. The largest absolute Gasteiger partial charge is 0.573 e. The topological polar surface area (TPSA) is 60.4 Å². The number of ketones is 1. The number of Topliss-reactive ketones (excluding diaryl/α,β-unsaturated/α-hetero) is 1. The summed E-state index contributed by atoms with van der Waals surface area (Å²) in [5, 5.41) is 0. The van der Waals surface area contributed by atoms with Crippen molar-refractivity contribution in [1.82, 2.24) is 0 Å². The van der Waals surface area contributed by atoms with E-state index in [0.717, 1.165) is 12.1 Å². The van der Waals surface area contributed by atoms with Gasteiger partial charge in [-0.05, 0) is 30.7 Å². The summed E-state index contributed by atoms with van der Waals surface area (Å²) in [6.45, 7) is 1.52. The molecule has 0 aliphatic heterocycles. The van der Waals surface area contributed by atoms with E-state index < -0.39 is 21.9 Å². The molecule has 1 aromatic rings. The molecular formula is C13H15F3O4S. The zero-order chi connectivity index (χ0) is 16.1. The van der Waals surface area contributed by atoms with Crippen molar-refractivity contribution in [2.45, 2.75) is 26.1 Å². The molecular weight excluding hydrogens is 309 g/mol. The summed E-state index contributed by atoms with van der Waals surface area (Å²) >= 11 is 0. The van der Waals surface area contributed by atoms with Crippen LogP contribution in [-0.2, 0) is 9.84 Å². The number of rotatable bonds is 7. The molecule has 118 valence electrons. The first-order valence-electron chi connectivity index (χ1n) is 6.22. The van der Waals surface area contributed by atoms with E-state index in [-0.39, 0.29) is 35.7 Å². The lowest BCUT2D eigenvalue weighted by Gasteiger charge is -2.09. The van der Waals surface area contributed by atoms with E-state index in [0.29, 0.717) is 0 Å². The molecule has 0 amide bonds. The van der Waals surface area contributed by atoms with E-state index in [2.05, 4.69) is 4.74 Å². The summed E-state index contributed by atoms with van der Waals surface area (Å²) in [6, 6.07) is 4.53. The van der Waals surface area contributed by atoms with E-state index in [1.807, 2.05) is 0 Å². The molecule has 0 saturated heterocycles. The molecule has 4 nitrogen and oxygen atoms in total. The van der Waals surface area contributed by atoms with E-state index in [1.54, 1.807) is 0 Å². The van der Waals surface area contributed by atoms with Gasteiger partial charge < -0.3 is 4.74 Å². The standard InChI is InChI=1S/C13H15F3O4S/c1-2-21(18,19)9-3-4-12(17)10-5-7-11(8-6-10)20-13(14,15)16/h5-8H,2-4,9H2,1H3. The lowest BCUT2D eigenvalue weighted by Crippen LogP contribution is -2.17. The van der Waals surface area contributed by atoms with E-state index in [4.69, 9.17) is 0 Å². The Labute approximate surface area is 120 Å². The molecule has 0 spiro atoms. The Morgan fingerprint density at radius 1 is 1.19 bits per heavy atom. The number of carbonyl (C=O) groups is 1. The first-order valence-corrected chi connectivity index (χ1v) is 8.04. The Morgan fingerprint density at radius 3 is 2.24 bits per heavy atom. The van der Waals surface area contributed by atoms with Gasteiger partial charge >= 0.3 is 6.36 Å². The van der Waals surface area contributed by atoms with Crippen LogP contribution in [0, 0.1) is 0 Å². The SMILES string of the molecule is CCS(=O)(=O)CCCC(=O)c1ccc(OC(F)(F)F)cc1. The van der Waals surface area contributed by atoms with Crippen LogP contribution in [0.4, 0.5) is 13.2 Å². The van der Waals surface area contributed by atoms with Crippen molar-refractivity contribution in [1.29, 1.82) is 0 Å². The second-order valence-corrected chi connectivity index (χ2v) is 6.81. The first-order chi connectivity index (χ1) is 9.63. The maximum Gasteiger partial charge on any atom is 0.573 e. The predicted octanol–water partition coefficient (Wildman–Crippen LogP) is 2.98. The van der Waals surface area contributed by atoms with Gasteiger partial charge in [0.15, 0.2) is 5.78 Å². The van der Waals surface area contributed by atoms with Gasteiger partial charge in [0.25, 0.3) is 0 Å². The second kappa shape index (κ2) is 6.93. The van der Waals surface area contributed by atoms with Crippen molar-refractivity contribution in [3.05, 3.63) is 29.8 Å². The van der Waals surface area contributed by atoms with Crippen molar-refractivity contribution in [2.24, 2.45) is 0 Å². The summed E-state index contributed by atoms with van der Waals surface area (Å²) in [7, 11) is -3.12. The summed E-state index contributed by atoms with van der Waals surface area (Å²) in [5.41, 5.74) is 0.221. The second-order valence-electron chi connectivity index (χ2n) is 4.34. The van der Waals surface area contributed by atoms with Crippen LogP contribution in [0.3, 0.4) is 0 Å². The molecule has 0 heterocycles. The van der Waals surface area contributed by atoms with Crippen LogP contribution in [0.25, 0.3) is 0 Å². The minimum Gasteiger partial charge on any atom is -0.406 e. The highest BCUT2D eigenvalue weighted by Gasteiger charge is 2.31. The Kier molecular flexibility index (Phi) is 5.77. The summed E-state index contributed by atoms with van der Waals surface area (Å²) in [6.07, 6.45) is -4.56. The molecule has 0 N–H and O–H groups in total. The number of carbonyl (C=O) groups excluding carboxylic acids is 1. The van der Waals surface area contributed by atoms with Gasteiger partial charge in [-0.3, -0.25) is 4.79 Å². The zero-order valence-corrected chi connectivity index (χ0v) is 12.1. The molecule has 0 bridgehead atoms. The highest BCUT2D eigenvalue weighted by molar-refractivity contribution is 7.91. The average Bonchev–Trinajstić information content (AvgIpc) is 2.37. The fraction of sp³-hybridized carbons (Fsp3) is 0.462. The highest BCUT2D eigenvalue weighted by atomic mass is 32.2. The van der Waals surface area contributed by atoms with Crippen LogP contribution in [0.15, 0.2) is 24.3 Å². The first kappa shape index (κ1) is 17.5. The summed E-state index contributed by atoms with van der Waals surface area (Å²) < 4.78 is 62.1. The van der Waals surface area contributed by atoms with Crippen molar-refractivity contribution in [2.75, 3.05) is 11.5 Å². The number of benzene rings is 1. The minimum absolute atomic E-state index is 0.0185. The maximum absolute atomic E-state index is 12.0. The van der Waals surface area contributed by atoms with Gasteiger partial charge in [-0.15, -0.1) is 13.2 Å². The van der Waals surface area contributed by atoms with Gasteiger partial charge in [0.1, 0.15) is 15.6 Å². The lowest BCUT2D eigenvalue weighted by atomic mass is 10.1. The van der Waals surface area contributed by atoms with Crippen molar-refractivity contribution >= 4 is 15.6 Å². The van der Waals surface area contributed by atoms with Gasteiger partial charge in [0.2, 0.25) is 0 Å². The molecule has 0 aliphatic carbocycles. The minimum atomic E-state index is -4.78. The molecule has 21 heavy (non-hydrogen) atoms. The fourth-order valence-corrected chi connectivity index (χ4v) is 2.46. The maximum atomic E-state index is 12.0. The Balaban J connectivity index is 2.56. The molecule has 0 atom stereocenters. The number of halogens is 3. The third-order valence-corrected chi connectivity index (χ3v) is 4.50. The Bertz CT molecular complexity index is 576. The van der Waals surface area contributed by atoms with Crippen molar-refractivity contribution in [3.63, 3.8) is 0 Å². The predicted molar refractivity (Wildman–Crippen MR) is 71.0 cm³/mol. The molecule has 8 heteroatoms. The molecule has 0 aromatic heterocycles. The molecule has 0 fully saturated rings. The molecule has 0 saturated carbocycles. The third kappa shape index (κ3) is 6.61. The normalized spacial score (nSPS) is 12.2. The van der Waals surface area contributed by atoms with Crippen molar-refractivity contribution in [3.8, 4) is 5.75 Å². The number of ether oxygens (including phenoxy) is 1. The highest BCUT2D eigenvalue weighted by Crippen LogP contribution is 2.23. The van der Waals surface area contributed by atoms with E-state index >= 15 is 0 Å². The van der Waals surface area contributed by atoms with Crippen LogP contribution in [0.2, 0.25) is 0 Å². The third-order valence-electron chi connectivity index (χ3n) is 2.71. The number of hydrogen-bond acceptors (Lipinski definition) is 4. The monoisotopic (exact) mass is 324 g/mol. The summed E-state index contributed by atoms with van der Waals surface area (Å²) in [5.74, 6) is -0.790. The van der Waals surface area contributed by atoms with E-state index in [9.17, 15) is 26.4 Å². The quantitative estimate of drug-likeness (QED) is 0.724. The molecule has 0 aliphatic rings. The number of hydrogen-bond donors (Lipinski definition) is 0. The van der Waals surface area contributed by atoms with Crippen LogP contribution in [0.5, 0.6) is 5.75 Å². The van der Waals surface area contributed by atoms with Crippen LogP contribution in [0.1, 0.15) is 30.1 Å².